The third kappa shape index (κ3) is 4.97. The number of halogens is 1. The summed E-state index contributed by atoms with van der Waals surface area (Å²) in [5.41, 5.74) is 1.31. The second-order valence-electron chi connectivity index (χ2n) is 9.50. The third-order valence-corrected chi connectivity index (χ3v) is 9.61. The maximum absolute atomic E-state index is 13.0. The Bertz CT molecular complexity index is 1160. The number of nitrogens with one attached hydrogen (secondary N) is 1. The molecule has 0 unspecified atom stereocenters. The molecule has 2 saturated carbocycles. The molecule has 3 fully saturated rings. The normalized spacial score (nSPS) is 26.7. The molecular formula is C24H31ClN4O4S. The fourth-order valence-electron chi connectivity index (χ4n) is 5.15. The van der Waals surface area contributed by atoms with E-state index in [1.807, 2.05) is 6.07 Å². The first-order valence-corrected chi connectivity index (χ1v) is 14.2. The van der Waals surface area contributed by atoms with Crippen LogP contribution in [0.15, 0.2) is 41.3 Å². The first kappa shape index (κ1) is 23.6. The van der Waals surface area contributed by atoms with E-state index in [4.69, 9.17) is 16.3 Å². The highest BCUT2D eigenvalue weighted by Crippen LogP contribution is 2.39. The van der Waals surface area contributed by atoms with E-state index in [9.17, 15) is 13.2 Å². The number of sulfone groups is 1. The van der Waals surface area contributed by atoms with E-state index in [1.54, 1.807) is 0 Å². The molecule has 0 spiro atoms. The number of rotatable bonds is 7. The summed E-state index contributed by atoms with van der Waals surface area (Å²) < 4.78 is 31.2. The van der Waals surface area contributed by atoms with Crippen LogP contribution in [0.3, 0.4) is 0 Å². The van der Waals surface area contributed by atoms with Crippen molar-refractivity contribution in [2.45, 2.75) is 61.9 Å². The van der Waals surface area contributed by atoms with E-state index in [0.29, 0.717) is 17.8 Å². The van der Waals surface area contributed by atoms with E-state index in [-0.39, 0.29) is 42.1 Å². The molecule has 34 heavy (non-hydrogen) atoms. The molecule has 0 radical (unpaired) electrons. The second-order valence-corrected chi connectivity index (χ2v) is 12.3. The molecule has 1 aromatic carbocycles. The number of para-hydroxylation sites is 1. The minimum Gasteiger partial charge on any atom is -0.381 e. The highest BCUT2D eigenvalue weighted by Gasteiger charge is 2.36. The predicted molar refractivity (Wildman–Crippen MR) is 134 cm³/mol. The van der Waals surface area contributed by atoms with Gasteiger partial charge < -0.3 is 15.0 Å². The zero-order chi connectivity index (χ0) is 23.7. The molecule has 10 heteroatoms. The van der Waals surface area contributed by atoms with Crippen molar-refractivity contribution in [1.29, 1.82) is 0 Å². The van der Waals surface area contributed by atoms with E-state index >= 15 is 0 Å². The quantitative estimate of drug-likeness (QED) is 0.616. The van der Waals surface area contributed by atoms with Crippen LogP contribution in [0.5, 0.6) is 0 Å². The van der Waals surface area contributed by atoms with Crippen LogP contribution in [0.2, 0.25) is 5.02 Å². The summed E-state index contributed by atoms with van der Waals surface area (Å²) in [5.74, 6) is 0.0120. The summed E-state index contributed by atoms with van der Waals surface area (Å²) in [5, 5.41) is 6.79. The van der Waals surface area contributed by atoms with Gasteiger partial charge in [0.25, 0.3) is 5.56 Å². The molecule has 1 aliphatic heterocycles. The van der Waals surface area contributed by atoms with Crippen molar-refractivity contribution in [3.05, 3.63) is 51.9 Å². The van der Waals surface area contributed by atoms with Gasteiger partial charge in [0.05, 0.1) is 36.9 Å². The molecule has 1 aromatic heterocycles. The first-order valence-electron chi connectivity index (χ1n) is 12.1. The van der Waals surface area contributed by atoms with Crippen LogP contribution in [-0.2, 0) is 14.6 Å². The number of nitrogens with zero attached hydrogens (tertiary/aromatic N) is 3. The topological polar surface area (TPSA) is 93.5 Å². The van der Waals surface area contributed by atoms with Gasteiger partial charge in [0.1, 0.15) is 10.3 Å². The molecule has 0 amide bonds. The fourth-order valence-corrected chi connectivity index (χ4v) is 6.68. The van der Waals surface area contributed by atoms with Gasteiger partial charge in [-0.3, -0.25) is 4.79 Å². The highest BCUT2D eigenvalue weighted by atomic mass is 35.5. The van der Waals surface area contributed by atoms with Crippen LogP contribution in [0.4, 0.5) is 11.4 Å². The van der Waals surface area contributed by atoms with Crippen LogP contribution in [0.25, 0.3) is 0 Å². The standard InChI is InChI=1S/C24H31ClN4O4S/c25-23-22(26-14-21-16-33-12-13-34(21,31)32)15-27-29(24(23)30)20-10-8-19(9-11-20)28(18-6-7-18)17-4-2-1-3-5-17/h1-5,15,18-21,26H,6-14,16H2/t19-,20-,21-/m1/s1. The molecule has 1 N–H and O–H groups in total. The summed E-state index contributed by atoms with van der Waals surface area (Å²) in [4.78, 5) is 15.6. The van der Waals surface area contributed by atoms with Gasteiger partial charge in [0, 0.05) is 24.3 Å². The molecule has 1 atom stereocenters. The lowest BCUT2D eigenvalue weighted by Gasteiger charge is -2.39. The van der Waals surface area contributed by atoms with Crippen LogP contribution >= 0.6 is 11.6 Å². The number of hydrogen-bond acceptors (Lipinski definition) is 7. The Morgan fingerprint density at radius 1 is 1.09 bits per heavy atom. The van der Waals surface area contributed by atoms with Crippen molar-refractivity contribution < 1.29 is 13.2 Å². The number of hydrogen-bond donors (Lipinski definition) is 1. The van der Waals surface area contributed by atoms with Crippen LogP contribution in [0.1, 0.15) is 44.6 Å². The van der Waals surface area contributed by atoms with Crippen LogP contribution in [0, 0.1) is 0 Å². The van der Waals surface area contributed by atoms with Crippen molar-refractivity contribution >= 4 is 32.8 Å². The van der Waals surface area contributed by atoms with Crippen LogP contribution in [-0.4, -0.2) is 61.0 Å². The van der Waals surface area contributed by atoms with E-state index in [0.717, 1.165) is 25.7 Å². The number of anilines is 2. The minimum absolute atomic E-state index is 0.0120. The summed E-state index contributed by atoms with van der Waals surface area (Å²) in [7, 11) is -3.21. The maximum atomic E-state index is 13.0. The first-order chi connectivity index (χ1) is 16.4. The van der Waals surface area contributed by atoms with Gasteiger partial charge in [0.15, 0.2) is 9.84 Å². The third-order valence-electron chi connectivity index (χ3n) is 7.19. The van der Waals surface area contributed by atoms with E-state index < -0.39 is 15.1 Å². The molecule has 184 valence electrons. The van der Waals surface area contributed by atoms with Crippen molar-refractivity contribution in [2.24, 2.45) is 0 Å². The van der Waals surface area contributed by atoms with Gasteiger partial charge in [-0.15, -0.1) is 0 Å². The van der Waals surface area contributed by atoms with Crippen molar-refractivity contribution in [3.63, 3.8) is 0 Å². The van der Waals surface area contributed by atoms with Crippen molar-refractivity contribution in [2.75, 3.05) is 35.7 Å². The number of ether oxygens (including phenoxy) is 1. The van der Waals surface area contributed by atoms with Crippen molar-refractivity contribution in [3.8, 4) is 0 Å². The van der Waals surface area contributed by atoms with E-state index in [1.165, 1.54) is 29.4 Å². The Hall–Kier alpha value is -2.10. The molecule has 2 aliphatic carbocycles. The number of benzene rings is 1. The molecule has 1 saturated heterocycles. The lowest BCUT2D eigenvalue weighted by atomic mass is 9.89. The lowest BCUT2D eigenvalue weighted by molar-refractivity contribution is 0.140. The van der Waals surface area contributed by atoms with Gasteiger partial charge in [-0.25, -0.2) is 13.1 Å². The summed E-state index contributed by atoms with van der Waals surface area (Å²) >= 11 is 6.39. The van der Waals surface area contributed by atoms with Gasteiger partial charge in [0.2, 0.25) is 0 Å². The minimum atomic E-state index is -3.21. The molecule has 3 aliphatic rings. The fraction of sp³-hybridized carbons (Fsp3) is 0.583. The Morgan fingerprint density at radius 3 is 2.41 bits per heavy atom. The zero-order valence-corrected chi connectivity index (χ0v) is 20.7. The SMILES string of the molecule is O=c1c(Cl)c(NC[C@@H]2COCCS2(=O)=O)cnn1[C@H]1CC[C@H](N(c2ccccc2)C2CC2)CC1. The molecule has 8 nitrogen and oxygen atoms in total. The van der Waals surface area contributed by atoms with Crippen molar-refractivity contribution in [1.82, 2.24) is 9.78 Å². The molecule has 0 bridgehead atoms. The average Bonchev–Trinajstić information content (AvgIpc) is 3.67. The van der Waals surface area contributed by atoms with Gasteiger partial charge in [-0.1, -0.05) is 29.8 Å². The smallest absolute Gasteiger partial charge is 0.287 e. The maximum Gasteiger partial charge on any atom is 0.287 e. The summed E-state index contributed by atoms with van der Waals surface area (Å²) in [6.07, 6.45) is 7.76. The van der Waals surface area contributed by atoms with E-state index in [2.05, 4.69) is 39.6 Å². The predicted octanol–water partition coefficient (Wildman–Crippen LogP) is 3.27. The average molecular weight is 507 g/mol. The van der Waals surface area contributed by atoms with Crippen LogP contribution < -0.4 is 15.8 Å². The lowest BCUT2D eigenvalue weighted by Crippen LogP contribution is -2.42. The Kier molecular flexibility index (Phi) is 6.86. The summed E-state index contributed by atoms with van der Waals surface area (Å²) in [6.45, 7) is 0.500. The van der Waals surface area contributed by atoms with Gasteiger partial charge >= 0.3 is 0 Å². The summed E-state index contributed by atoms with van der Waals surface area (Å²) in [6, 6.07) is 11.7. The monoisotopic (exact) mass is 506 g/mol. The number of aromatic nitrogens is 2. The van der Waals surface area contributed by atoms with Gasteiger partial charge in [-0.2, -0.15) is 5.10 Å². The molecular weight excluding hydrogens is 476 g/mol. The highest BCUT2D eigenvalue weighted by molar-refractivity contribution is 7.92. The molecule has 5 rings (SSSR count). The molecule has 2 aromatic rings. The molecule has 2 heterocycles. The second kappa shape index (κ2) is 9.87. The Labute approximate surface area is 205 Å². The Balaban J connectivity index is 1.24. The van der Waals surface area contributed by atoms with Gasteiger partial charge in [-0.05, 0) is 50.7 Å². The zero-order valence-electron chi connectivity index (χ0n) is 19.1. The largest absolute Gasteiger partial charge is 0.381 e. The Morgan fingerprint density at radius 2 is 1.76 bits per heavy atom.